The van der Waals surface area contributed by atoms with Crippen molar-refractivity contribution in [3.8, 4) is 5.69 Å². The lowest BCUT2D eigenvalue weighted by atomic mass is 9.99. The number of hydrogen-bond acceptors (Lipinski definition) is 4. The van der Waals surface area contributed by atoms with E-state index in [1.165, 1.54) is 22.2 Å². The first-order chi connectivity index (χ1) is 13.8. The summed E-state index contributed by atoms with van der Waals surface area (Å²) in [4.78, 5) is 12.4. The minimum absolute atomic E-state index is 0.0230. The van der Waals surface area contributed by atoms with Crippen molar-refractivity contribution in [2.24, 2.45) is 4.99 Å². The highest BCUT2D eigenvalue weighted by Crippen LogP contribution is 2.49. The second-order valence-corrected chi connectivity index (χ2v) is 8.39. The van der Waals surface area contributed by atoms with E-state index < -0.39 is 0 Å². The summed E-state index contributed by atoms with van der Waals surface area (Å²) in [5.41, 5.74) is 4.78. The van der Waals surface area contributed by atoms with Crippen LogP contribution in [-0.2, 0) is 0 Å². The first-order valence-corrected chi connectivity index (χ1v) is 10.9. The van der Waals surface area contributed by atoms with Crippen LogP contribution in [0.3, 0.4) is 0 Å². The molecule has 0 amide bonds. The molecule has 0 spiro atoms. The molecule has 2 aromatic heterocycles. The van der Waals surface area contributed by atoms with Crippen molar-refractivity contribution >= 4 is 16.9 Å². The Morgan fingerprint density at radius 3 is 2.61 bits per heavy atom. The molecule has 142 valence electrons. The van der Waals surface area contributed by atoms with E-state index in [0.717, 1.165) is 17.9 Å². The smallest absolute Gasteiger partial charge is 0.160 e. The molecule has 3 atom stereocenters. The van der Waals surface area contributed by atoms with Crippen molar-refractivity contribution in [1.82, 2.24) is 14.5 Å². The summed E-state index contributed by atoms with van der Waals surface area (Å²) in [5.74, 6) is 1.12. The van der Waals surface area contributed by atoms with Crippen LogP contribution in [-0.4, -0.2) is 31.4 Å². The molecular formula is C23H24N4S. The van der Waals surface area contributed by atoms with Crippen LogP contribution in [0.2, 0.25) is 0 Å². The number of aromatic nitrogens is 2. The van der Waals surface area contributed by atoms with E-state index >= 15 is 0 Å². The number of pyridine rings is 1. The third kappa shape index (κ3) is 2.76. The minimum atomic E-state index is 0.0230. The van der Waals surface area contributed by atoms with Crippen molar-refractivity contribution in [3.63, 3.8) is 0 Å². The van der Waals surface area contributed by atoms with E-state index in [0.29, 0.717) is 6.04 Å². The molecule has 2 aliphatic rings. The van der Waals surface area contributed by atoms with E-state index in [9.17, 15) is 0 Å². The Kier molecular flexibility index (Phi) is 4.47. The van der Waals surface area contributed by atoms with E-state index in [4.69, 9.17) is 4.99 Å². The van der Waals surface area contributed by atoms with Crippen molar-refractivity contribution in [1.29, 1.82) is 0 Å². The molecule has 4 heterocycles. The number of fused-ring (bicyclic) bond motifs is 1. The van der Waals surface area contributed by atoms with Crippen molar-refractivity contribution in [3.05, 3.63) is 83.9 Å². The van der Waals surface area contributed by atoms with Gasteiger partial charge in [0.05, 0.1) is 5.69 Å². The van der Waals surface area contributed by atoms with Crippen LogP contribution in [0.5, 0.6) is 0 Å². The predicted molar refractivity (Wildman–Crippen MR) is 116 cm³/mol. The lowest BCUT2D eigenvalue weighted by Crippen LogP contribution is -2.36. The topological polar surface area (TPSA) is 33.4 Å². The fourth-order valence-electron chi connectivity index (χ4n) is 4.39. The Balaban J connectivity index is 1.66. The maximum absolute atomic E-state index is 5.15. The van der Waals surface area contributed by atoms with Gasteiger partial charge in [-0.25, -0.2) is 0 Å². The highest BCUT2D eigenvalue weighted by atomic mass is 32.2. The van der Waals surface area contributed by atoms with Crippen LogP contribution in [0.15, 0.2) is 71.9 Å². The molecule has 0 radical (unpaired) electrons. The summed E-state index contributed by atoms with van der Waals surface area (Å²) >= 11 is 1.89. The lowest BCUT2D eigenvalue weighted by molar-refractivity contribution is 0.248. The number of rotatable bonds is 4. The van der Waals surface area contributed by atoms with Crippen molar-refractivity contribution in [2.45, 2.75) is 38.4 Å². The van der Waals surface area contributed by atoms with Crippen LogP contribution in [0.4, 0.5) is 0 Å². The Hall–Kier alpha value is -2.53. The third-order valence-corrected chi connectivity index (χ3v) is 6.88. The molecule has 0 aliphatic carbocycles. The molecule has 5 heteroatoms. The summed E-state index contributed by atoms with van der Waals surface area (Å²) in [6.45, 7) is 4.46. The van der Waals surface area contributed by atoms with Gasteiger partial charge in [-0.1, -0.05) is 43.0 Å². The number of benzene rings is 1. The number of hydrogen-bond donors (Lipinski definition) is 0. The SMILES string of the molecule is CC[C@@H]1CSC2=N[C@@H](c3ccccn3)[C@H](c3ccc(C)n3-c3ccccc3)N21. The standard InChI is InChI=1S/C23H24N4S/c1-3-17-15-28-23-25-21(19-11-7-8-14-24-19)22(27(17)23)20-13-12-16(2)26(20)18-9-5-4-6-10-18/h4-14,17,21-22H,3,15H2,1-2H3/t17-,21+,22+/m1/s1. The number of amidine groups is 1. The molecule has 1 fully saturated rings. The quantitative estimate of drug-likeness (QED) is 0.619. The van der Waals surface area contributed by atoms with Gasteiger partial charge in [-0.15, -0.1) is 0 Å². The van der Waals surface area contributed by atoms with Crippen LogP contribution < -0.4 is 0 Å². The zero-order chi connectivity index (χ0) is 19.1. The Morgan fingerprint density at radius 1 is 1.04 bits per heavy atom. The Bertz CT molecular complexity index is 996. The van der Waals surface area contributed by atoms with Gasteiger partial charge in [-0.05, 0) is 49.7 Å². The normalized spacial score (nSPS) is 23.7. The molecule has 0 saturated carbocycles. The minimum Gasteiger partial charge on any atom is -0.337 e. The fraction of sp³-hybridized carbons (Fsp3) is 0.304. The van der Waals surface area contributed by atoms with Gasteiger partial charge in [0, 0.05) is 35.1 Å². The third-order valence-electron chi connectivity index (χ3n) is 5.75. The van der Waals surface area contributed by atoms with Gasteiger partial charge in [0.2, 0.25) is 0 Å². The molecule has 1 aromatic carbocycles. The maximum atomic E-state index is 5.15. The summed E-state index contributed by atoms with van der Waals surface area (Å²) in [5, 5.41) is 1.17. The number of aryl methyl sites for hydroxylation is 1. The average molecular weight is 389 g/mol. The van der Waals surface area contributed by atoms with E-state index in [1.54, 1.807) is 0 Å². The van der Waals surface area contributed by atoms with Gasteiger partial charge in [0.25, 0.3) is 0 Å². The fourth-order valence-corrected chi connectivity index (χ4v) is 5.73. The predicted octanol–water partition coefficient (Wildman–Crippen LogP) is 5.16. The highest BCUT2D eigenvalue weighted by molar-refractivity contribution is 8.14. The first-order valence-electron chi connectivity index (χ1n) is 9.91. The van der Waals surface area contributed by atoms with Crippen LogP contribution in [0.25, 0.3) is 5.69 Å². The average Bonchev–Trinajstić information content (AvgIpc) is 3.42. The highest BCUT2D eigenvalue weighted by Gasteiger charge is 2.46. The second kappa shape index (κ2) is 7.13. The van der Waals surface area contributed by atoms with Crippen molar-refractivity contribution < 1.29 is 0 Å². The summed E-state index contributed by atoms with van der Waals surface area (Å²) < 4.78 is 2.38. The molecular weight excluding hydrogens is 364 g/mol. The molecule has 28 heavy (non-hydrogen) atoms. The van der Waals surface area contributed by atoms with E-state index in [1.807, 2.05) is 24.0 Å². The molecule has 5 rings (SSSR count). The number of nitrogens with zero attached hydrogens (tertiary/aromatic N) is 4. The van der Waals surface area contributed by atoms with Crippen molar-refractivity contribution in [2.75, 3.05) is 5.75 Å². The van der Waals surface area contributed by atoms with Gasteiger partial charge < -0.3 is 9.47 Å². The molecule has 0 unspecified atom stereocenters. The van der Waals surface area contributed by atoms with Gasteiger partial charge >= 0.3 is 0 Å². The lowest BCUT2D eigenvalue weighted by Gasteiger charge is -2.32. The van der Waals surface area contributed by atoms with Gasteiger partial charge in [0.15, 0.2) is 5.17 Å². The van der Waals surface area contributed by atoms with Crippen LogP contribution >= 0.6 is 11.8 Å². The number of aliphatic imine (C=N–C) groups is 1. The van der Waals surface area contributed by atoms with Gasteiger partial charge in [-0.2, -0.15) is 0 Å². The van der Waals surface area contributed by atoms with Crippen LogP contribution in [0.1, 0.15) is 42.5 Å². The molecule has 1 saturated heterocycles. The summed E-state index contributed by atoms with van der Waals surface area (Å²) in [6, 6.07) is 22.0. The Morgan fingerprint density at radius 2 is 1.86 bits per heavy atom. The van der Waals surface area contributed by atoms with Gasteiger partial charge in [-0.3, -0.25) is 9.98 Å². The summed E-state index contributed by atoms with van der Waals surface area (Å²) in [6.07, 6.45) is 3.00. The summed E-state index contributed by atoms with van der Waals surface area (Å²) in [7, 11) is 0. The maximum Gasteiger partial charge on any atom is 0.160 e. The Labute approximate surface area is 170 Å². The van der Waals surface area contributed by atoms with E-state index in [-0.39, 0.29) is 12.1 Å². The molecule has 2 aliphatic heterocycles. The van der Waals surface area contributed by atoms with E-state index in [2.05, 4.69) is 82.9 Å². The second-order valence-electron chi connectivity index (χ2n) is 7.41. The molecule has 0 bridgehead atoms. The number of para-hydroxylation sites is 1. The van der Waals surface area contributed by atoms with Gasteiger partial charge in [0.1, 0.15) is 12.1 Å². The first kappa shape index (κ1) is 17.6. The zero-order valence-electron chi connectivity index (χ0n) is 16.2. The zero-order valence-corrected chi connectivity index (χ0v) is 17.0. The number of thioether (sulfide) groups is 1. The molecule has 3 aromatic rings. The molecule has 4 nitrogen and oxygen atoms in total. The molecule has 0 N–H and O–H groups in total. The largest absolute Gasteiger partial charge is 0.337 e. The van der Waals surface area contributed by atoms with Crippen LogP contribution in [0, 0.1) is 6.92 Å². The monoisotopic (exact) mass is 388 g/mol.